The van der Waals surface area contributed by atoms with E-state index in [4.69, 9.17) is 0 Å². The Balaban J connectivity index is 4.63. The van der Waals surface area contributed by atoms with E-state index in [-0.39, 0.29) is 0 Å². The van der Waals surface area contributed by atoms with E-state index < -0.39 is 0 Å². The van der Waals surface area contributed by atoms with E-state index in [1.807, 2.05) is 38.1 Å². The Morgan fingerprint density at radius 3 is 2.23 bits per heavy atom. The van der Waals surface area contributed by atoms with Crippen molar-refractivity contribution in [3.05, 3.63) is 24.6 Å². The zero-order chi connectivity index (χ0) is 10.4. The lowest BCUT2D eigenvalue weighted by Crippen LogP contribution is -2.12. The Morgan fingerprint density at radius 2 is 1.92 bits per heavy atom. The van der Waals surface area contributed by atoms with Crippen molar-refractivity contribution < 1.29 is 0 Å². The minimum Gasteiger partial charge on any atom is -0.363 e. The first-order valence-corrected chi connectivity index (χ1v) is 4.56. The highest BCUT2D eigenvalue weighted by Gasteiger charge is 2.02. The molecule has 0 rings (SSSR count). The SMILES string of the molecule is C=C(/N=C(\C=C/C)C(C)C)N(C)C. The van der Waals surface area contributed by atoms with E-state index in [0.29, 0.717) is 5.92 Å². The van der Waals surface area contributed by atoms with Crippen LogP contribution in [-0.2, 0) is 0 Å². The molecule has 13 heavy (non-hydrogen) atoms. The monoisotopic (exact) mass is 180 g/mol. The predicted octanol–water partition coefficient (Wildman–Crippen LogP) is 2.69. The Labute approximate surface area is 81.7 Å². The van der Waals surface area contributed by atoms with Gasteiger partial charge < -0.3 is 4.90 Å². The molecule has 0 N–H and O–H groups in total. The van der Waals surface area contributed by atoms with Gasteiger partial charge in [0.25, 0.3) is 0 Å². The van der Waals surface area contributed by atoms with Crippen LogP contribution in [0, 0.1) is 5.92 Å². The van der Waals surface area contributed by atoms with Gasteiger partial charge in [-0.2, -0.15) is 0 Å². The topological polar surface area (TPSA) is 15.6 Å². The quantitative estimate of drug-likeness (QED) is 0.607. The van der Waals surface area contributed by atoms with Crippen molar-refractivity contribution in [3.63, 3.8) is 0 Å². The van der Waals surface area contributed by atoms with Gasteiger partial charge in [0.2, 0.25) is 0 Å². The molecule has 0 heterocycles. The maximum Gasteiger partial charge on any atom is 0.121 e. The lowest BCUT2D eigenvalue weighted by atomic mass is 10.1. The summed E-state index contributed by atoms with van der Waals surface area (Å²) in [6.45, 7) is 10.1. The molecule has 2 heteroatoms. The number of aliphatic imine (C=N–C) groups is 1. The van der Waals surface area contributed by atoms with Crippen LogP contribution in [0.1, 0.15) is 20.8 Å². The second kappa shape index (κ2) is 5.57. The average Bonchev–Trinajstić information content (AvgIpc) is 2.03. The largest absolute Gasteiger partial charge is 0.363 e. The highest BCUT2D eigenvalue weighted by atomic mass is 15.2. The van der Waals surface area contributed by atoms with Crippen molar-refractivity contribution >= 4 is 5.71 Å². The van der Waals surface area contributed by atoms with Gasteiger partial charge in [0.15, 0.2) is 0 Å². The number of rotatable bonds is 4. The summed E-state index contributed by atoms with van der Waals surface area (Å²) in [6, 6.07) is 0. The smallest absolute Gasteiger partial charge is 0.121 e. The molecule has 0 aromatic carbocycles. The third kappa shape index (κ3) is 4.51. The van der Waals surface area contributed by atoms with E-state index in [1.165, 1.54) is 0 Å². The molecule has 0 aliphatic carbocycles. The van der Waals surface area contributed by atoms with Crippen LogP contribution in [0.15, 0.2) is 29.5 Å². The van der Waals surface area contributed by atoms with Crippen LogP contribution in [0.5, 0.6) is 0 Å². The molecular weight excluding hydrogens is 160 g/mol. The Hall–Kier alpha value is -1.05. The molecule has 0 fully saturated rings. The second-order valence-corrected chi connectivity index (χ2v) is 3.50. The second-order valence-electron chi connectivity index (χ2n) is 3.50. The van der Waals surface area contributed by atoms with Crippen LogP contribution in [0.25, 0.3) is 0 Å². The summed E-state index contributed by atoms with van der Waals surface area (Å²) in [6.07, 6.45) is 4.03. The summed E-state index contributed by atoms with van der Waals surface area (Å²) in [5.74, 6) is 1.23. The molecule has 74 valence electrons. The summed E-state index contributed by atoms with van der Waals surface area (Å²) in [5.41, 5.74) is 1.07. The number of allylic oxidation sites excluding steroid dienone is 2. The van der Waals surface area contributed by atoms with E-state index in [1.54, 1.807) is 0 Å². The Bertz CT molecular complexity index is 222. The van der Waals surface area contributed by atoms with Gasteiger partial charge in [-0.25, -0.2) is 4.99 Å². The maximum atomic E-state index is 4.43. The fraction of sp³-hybridized carbons (Fsp3) is 0.545. The molecule has 0 spiro atoms. The van der Waals surface area contributed by atoms with Gasteiger partial charge in [0.05, 0.1) is 0 Å². The molecule has 0 aliphatic rings. The van der Waals surface area contributed by atoms with Crippen LogP contribution in [0.2, 0.25) is 0 Å². The highest BCUT2D eigenvalue weighted by Crippen LogP contribution is 2.05. The zero-order valence-corrected chi connectivity index (χ0v) is 9.33. The van der Waals surface area contributed by atoms with Gasteiger partial charge in [-0.3, -0.25) is 0 Å². The van der Waals surface area contributed by atoms with Gasteiger partial charge in [-0.15, -0.1) is 0 Å². The first-order chi connectivity index (χ1) is 5.99. The average molecular weight is 180 g/mol. The summed E-state index contributed by atoms with van der Waals surface area (Å²) in [5, 5.41) is 0. The summed E-state index contributed by atoms with van der Waals surface area (Å²) < 4.78 is 0. The van der Waals surface area contributed by atoms with Crippen molar-refractivity contribution in [1.82, 2.24) is 4.90 Å². The molecule has 0 bridgehead atoms. The van der Waals surface area contributed by atoms with Crippen LogP contribution < -0.4 is 0 Å². The third-order valence-corrected chi connectivity index (χ3v) is 1.70. The van der Waals surface area contributed by atoms with Crippen LogP contribution in [0.3, 0.4) is 0 Å². The molecule has 0 amide bonds. The Kier molecular flexibility index (Phi) is 5.12. The van der Waals surface area contributed by atoms with Gasteiger partial charge in [0, 0.05) is 19.8 Å². The van der Waals surface area contributed by atoms with Crippen LogP contribution in [-0.4, -0.2) is 24.7 Å². The molecule has 0 saturated heterocycles. The fourth-order valence-corrected chi connectivity index (χ4v) is 0.779. The normalized spacial score (nSPS) is 12.6. The Morgan fingerprint density at radius 1 is 1.38 bits per heavy atom. The van der Waals surface area contributed by atoms with E-state index in [2.05, 4.69) is 25.4 Å². The molecule has 2 nitrogen and oxygen atoms in total. The first kappa shape index (κ1) is 11.9. The van der Waals surface area contributed by atoms with E-state index >= 15 is 0 Å². The predicted molar refractivity (Wildman–Crippen MR) is 59.9 cm³/mol. The number of hydrogen-bond acceptors (Lipinski definition) is 2. The zero-order valence-electron chi connectivity index (χ0n) is 9.33. The van der Waals surface area contributed by atoms with Gasteiger partial charge in [0.1, 0.15) is 5.82 Å². The minimum atomic E-state index is 0.438. The summed E-state index contributed by atoms with van der Waals surface area (Å²) >= 11 is 0. The molecule has 0 aromatic rings. The van der Waals surface area contributed by atoms with E-state index in [9.17, 15) is 0 Å². The third-order valence-electron chi connectivity index (χ3n) is 1.70. The maximum absolute atomic E-state index is 4.43. The molecular formula is C11H20N2. The van der Waals surface area contributed by atoms with E-state index in [0.717, 1.165) is 11.5 Å². The highest BCUT2D eigenvalue weighted by molar-refractivity contribution is 5.96. The number of hydrogen-bond donors (Lipinski definition) is 0. The van der Waals surface area contributed by atoms with Gasteiger partial charge in [-0.1, -0.05) is 26.5 Å². The van der Waals surface area contributed by atoms with Crippen LogP contribution in [0.4, 0.5) is 0 Å². The molecule has 0 unspecified atom stereocenters. The lowest BCUT2D eigenvalue weighted by molar-refractivity contribution is 0.508. The molecule has 0 radical (unpaired) electrons. The van der Waals surface area contributed by atoms with Crippen molar-refractivity contribution in [2.24, 2.45) is 10.9 Å². The summed E-state index contributed by atoms with van der Waals surface area (Å²) in [4.78, 5) is 6.34. The van der Waals surface area contributed by atoms with Gasteiger partial charge >= 0.3 is 0 Å². The minimum absolute atomic E-state index is 0.438. The standard InChI is InChI=1S/C11H20N2/c1-7-8-11(9(2)3)12-10(4)13(5)6/h7-9H,4H2,1-3,5-6H3/b8-7-,12-11+. The van der Waals surface area contributed by atoms with Crippen molar-refractivity contribution in [1.29, 1.82) is 0 Å². The number of nitrogens with zero attached hydrogens (tertiary/aromatic N) is 2. The fourth-order valence-electron chi connectivity index (χ4n) is 0.779. The van der Waals surface area contributed by atoms with Crippen molar-refractivity contribution in [2.45, 2.75) is 20.8 Å². The first-order valence-electron chi connectivity index (χ1n) is 4.56. The van der Waals surface area contributed by atoms with Crippen molar-refractivity contribution in [2.75, 3.05) is 14.1 Å². The van der Waals surface area contributed by atoms with Crippen LogP contribution >= 0.6 is 0 Å². The van der Waals surface area contributed by atoms with Crippen molar-refractivity contribution in [3.8, 4) is 0 Å². The molecule has 0 aromatic heterocycles. The summed E-state index contributed by atoms with van der Waals surface area (Å²) in [7, 11) is 3.89. The molecule has 0 aliphatic heterocycles. The molecule has 0 atom stereocenters. The molecule has 0 saturated carbocycles. The lowest BCUT2D eigenvalue weighted by Gasteiger charge is -2.13. The van der Waals surface area contributed by atoms with Gasteiger partial charge in [-0.05, 0) is 18.9 Å².